The van der Waals surface area contributed by atoms with Crippen molar-refractivity contribution in [1.82, 2.24) is 10.6 Å². The lowest BCUT2D eigenvalue weighted by molar-refractivity contribution is -0.0505. The fourth-order valence-electron chi connectivity index (χ4n) is 2.86. The van der Waals surface area contributed by atoms with Gasteiger partial charge >= 0.3 is 6.61 Å². The number of hydrogen-bond donors (Lipinski definition) is 2. The predicted molar refractivity (Wildman–Crippen MR) is 107 cm³/mol. The monoisotopic (exact) mass is 406 g/mol. The van der Waals surface area contributed by atoms with Crippen LogP contribution >= 0.6 is 0 Å². The molecule has 1 aliphatic rings. The van der Waals surface area contributed by atoms with E-state index in [1.807, 2.05) is 37.4 Å². The first-order chi connectivity index (χ1) is 14.1. The second kappa shape index (κ2) is 9.81. The van der Waals surface area contributed by atoms with E-state index in [4.69, 9.17) is 9.47 Å². The van der Waals surface area contributed by atoms with Crippen molar-refractivity contribution in [2.24, 2.45) is 4.99 Å². The summed E-state index contributed by atoms with van der Waals surface area (Å²) in [6.45, 7) is -1.24. The van der Waals surface area contributed by atoms with E-state index in [1.54, 1.807) is 13.1 Å². The van der Waals surface area contributed by atoms with Gasteiger partial charge in [-0.1, -0.05) is 18.2 Å². The number of halogens is 2. The second-order valence-electron chi connectivity index (χ2n) is 6.30. The standard InChI is InChI=1S/C20H24F2N4O3/c1-23-20(24-8-9-26(2)15-6-4-3-5-7-15)25-12-14-10-17-18(28-13-27-17)11-16(14)29-19(21)22/h3-7,10-11,19H,8-9,12-13H2,1-2H3,(H2,23,24,25). The fraction of sp³-hybridized carbons (Fsp3) is 0.350. The summed E-state index contributed by atoms with van der Waals surface area (Å²) < 4.78 is 40.7. The first kappa shape index (κ1) is 20.5. The Bertz CT molecular complexity index is 834. The number of benzene rings is 2. The topological polar surface area (TPSA) is 67.4 Å². The molecule has 0 unspecified atom stereocenters. The number of hydrogen-bond acceptors (Lipinski definition) is 5. The van der Waals surface area contributed by atoms with Crippen LogP contribution in [-0.4, -0.2) is 46.5 Å². The summed E-state index contributed by atoms with van der Waals surface area (Å²) in [7, 11) is 3.65. The lowest BCUT2D eigenvalue weighted by atomic mass is 10.1. The molecule has 0 atom stereocenters. The van der Waals surface area contributed by atoms with Gasteiger partial charge in [-0.05, 0) is 18.2 Å². The van der Waals surface area contributed by atoms with E-state index in [0.717, 1.165) is 12.2 Å². The van der Waals surface area contributed by atoms with Gasteiger partial charge in [0.2, 0.25) is 6.79 Å². The number of ether oxygens (including phenoxy) is 3. The zero-order valence-electron chi connectivity index (χ0n) is 16.3. The van der Waals surface area contributed by atoms with Crippen LogP contribution in [0.4, 0.5) is 14.5 Å². The molecule has 0 aromatic heterocycles. The first-order valence-corrected chi connectivity index (χ1v) is 9.15. The maximum absolute atomic E-state index is 12.7. The fourth-order valence-corrected chi connectivity index (χ4v) is 2.86. The summed E-state index contributed by atoms with van der Waals surface area (Å²) in [6.07, 6.45) is 0. The van der Waals surface area contributed by atoms with Gasteiger partial charge in [0.25, 0.3) is 0 Å². The van der Waals surface area contributed by atoms with Crippen molar-refractivity contribution in [3.05, 3.63) is 48.0 Å². The highest BCUT2D eigenvalue weighted by Gasteiger charge is 2.20. The van der Waals surface area contributed by atoms with Crippen molar-refractivity contribution >= 4 is 11.6 Å². The number of aliphatic imine (C=N–C) groups is 1. The van der Waals surface area contributed by atoms with Crippen molar-refractivity contribution in [3.63, 3.8) is 0 Å². The minimum absolute atomic E-state index is 0.0380. The molecule has 0 saturated heterocycles. The zero-order valence-corrected chi connectivity index (χ0v) is 16.3. The zero-order chi connectivity index (χ0) is 20.6. The molecule has 1 heterocycles. The van der Waals surface area contributed by atoms with E-state index in [2.05, 4.69) is 25.3 Å². The molecule has 0 saturated carbocycles. The molecular formula is C20H24F2N4O3. The summed E-state index contributed by atoms with van der Waals surface area (Å²) in [5.74, 6) is 1.47. The van der Waals surface area contributed by atoms with Crippen LogP contribution in [-0.2, 0) is 6.54 Å². The maximum Gasteiger partial charge on any atom is 0.387 e. The SMILES string of the molecule is CN=C(NCCN(C)c1ccccc1)NCc1cc2c(cc1OC(F)F)OCO2. The van der Waals surface area contributed by atoms with Gasteiger partial charge in [0, 0.05) is 51.0 Å². The van der Waals surface area contributed by atoms with E-state index in [9.17, 15) is 8.78 Å². The summed E-state index contributed by atoms with van der Waals surface area (Å²) in [5, 5.41) is 6.31. The van der Waals surface area contributed by atoms with Crippen LogP contribution in [0.2, 0.25) is 0 Å². The van der Waals surface area contributed by atoms with Crippen molar-refractivity contribution in [3.8, 4) is 17.2 Å². The average Bonchev–Trinajstić information content (AvgIpc) is 3.17. The van der Waals surface area contributed by atoms with Gasteiger partial charge in [-0.15, -0.1) is 0 Å². The third-order valence-corrected chi connectivity index (χ3v) is 4.38. The highest BCUT2D eigenvalue weighted by Crippen LogP contribution is 2.38. The summed E-state index contributed by atoms with van der Waals surface area (Å²) in [5.41, 5.74) is 1.63. The molecule has 0 aliphatic carbocycles. The largest absolute Gasteiger partial charge is 0.454 e. The van der Waals surface area contributed by atoms with Crippen molar-refractivity contribution in [2.45, 2.75) is 13.2 Å². The minimum atomic E-state index is -2.93. The Balaban J connectivity index is 1.55. The summed E-state index contributed by atoms with van der Waals surface area (Å²) >= 11 is 0. The van der Waals surface area contributed by atoms with Gasteiger partial charge in [-0.25, -0.2) is 0 Å². The molecule has 0 bridgehead atoms. The number of guanidine groups is 1. The van der Waals surface area contributed by atoms with Gasteiger partial charge in [-0.2, -0.15) is 8.78 Å². The van der Waals surface area contributed by atoms with Gasteiger partial charge in [0.15, 0.2) is 17.5 Å². The molecule has 0 amide bonds. The van der Waals surface area contributed by atoms with Crippen molar-refractivity contribution in [2.75, 3.05) is 38.9 Å². The van der Waals surface area contributed by atoms with Crippen LogP contribution in [0, 0.1) is 0 Å². The number of alkyl halides is 2. The van der Waals surface area contributed by atoms with E-state index >= 15 is 0 Å². The molecule has 0 spiro atoms. The minimum Gasteiger partial charge on any atom is -0.454 e. The number of likely N-dealkylation sites (N-methyl/N-ethyl adjacent to an activating group) is 1. The van der Waals surface area contributed by atoms with Crippen LogP contribution in [0.3, 0.4) is 0 Å². The average molecular weight is 406 g/mol. The molecule has 2 aromatic rings. The smallest absolute Gasteiger partial charge is 0.387 e. The van der Waals surface area contributed by atoms with Crippen LogP contribution in [0.1, 0.15) is 5.56 Å². The van der Waals surface area contributed by atoms with Crippen LogP contribution < -0.4 is 29.7 Å². The maximum atomic E-state index is 12.7. The molecule has 0 fully saturated rings. The molecule has 2 N–H and O–H groups in total. The van der Waals surface area contributed by atoms with Crippen molar-refractivity contribution < 1.29 is 23.0 Å². The summed E-state index contributed by atoms with van der Waals surface area (Å²) in [4.78, 5) is 6.28. The Morgan fingerprint density at radius 2 is 1.90 bits per heavy atom. The van der Waals surface area contributed by atoms with E-state index in [0.29, 0.717) is 29.6 Å². The van der Waals surface area contributed by atoms with E-state index in [1.165, 1.54) is 6.07 Å². The molecular weight excluding hydrogens is 382 g/mol. The van der Waals surface area contributed by atoms with Gasteiger partial charge in [0.05, 0.1) is 0 Å². The lowest BCUT2D eigenvalue weighted by Crippen LogP contribution is -2.40. The first-order valence-electron chi connectivity index (χ1n) is 9.15. The molecule has 0 radical (unpaired) electrons. The quantitative estimate of drug-likeness (QED) is 0.519. The number of fused-ring (bicyclic) bond motifs is 1. The predicted octanol–water partition coefficient (Wildman–Crippen LogP) is 2.82. The third-order valence-electron chi connectivity index (χ3n) is 4.38. The Kier molecular flexibility index (Phi) is 6.94. The third kappa shape index (κ3) is 5.63. The van der Waals surface area contributed by atoms with E-state index in [-0.39, 0.29) is 19.1 Å². The highest BCUT2D eigenvalue weighted by molar-refractivity contribution is 5.79. The van der Waals surface area contributed by atoms with Crippen LogP contribution in [0.5, 0.6) is 17.2 Å². The Morgan fingerprint density at radius 3 is 2.59 bits per heavy atom. The molecule has 2 aromatic carbocycles. The van der Waals surface area contributed by atoms with Crippen LogP contribution in [0.15, 0.2) is 47.5 Å². The molecule has 9 heteroatoms. The molecule has 3 rings (SSSR count). The molecule has 1 aliphatic heterocycles. The Labute approximate surface area is 168 Å². The molecule has 156 valence electrons. The number of rotatable bonds is 8. The normalized spacial score (nSPS) is 12.8. The molecule has 29 heavy (non-hydrogen) atoms. The van der Waals surface area contributed by atoms with Gasteiger partial charge in [-0.3, -0.25) is 4.99 Å². The van der Waals surface area contributed by atoms with E-state index < -0.39 is 6.61 Å². The summed E-state index contributed by atoms with van der Waals surface area (Å²) in [6, 6.07) is 13.1. The van der Waals surface area contributed by atoms with Gasteiger partial charge in [0.1, 0.15) is 5.75 Å². The number of para-hydroxylation sites is 1. The Morgan fingerprint density at radius 1 is 1.17 bits per heavy atom. The highest BCUT2D eigenvalue weighted by atomic mass is 19.3. The van der Waals surface area contributed by atoms with Gasteiger partial charge < -0.3 is 29.7 Å². The molecule has 7 nitrogen and oxygen atoms in total. The number of nitrogens with zero attached hydrogens (tertiary/aromatic N) is 2. The lowest BCUT2D eigenvalue weighted by Gasteiger charge is -2.20. The second-order valence-corrected chi connectivity index (χ2v) is 6.30. The number of nitrogens with one attached hydrogen (secondary N) is 2. The van der Waals surface area contributed by atoms with Crippen LogP contribution in [0.25, 0.3) is 0 Å². The number of anilines is 1. The Hall–Kier alpha value is -3.23. The van der Waals surface area contributed by atoms with Crippen molar-refractivity contribution in [1.29, 1.82) is 0 Å².